The number of unbranched alkanes of at least 4 members (excludes halogenated alkanes) is 5. The van der Waals surface area contributed by atoms with E-state index in [0.717, 1.165) is 50.7 Å². The number of carbonyl (C=O) groups excluding carboxylic acids is 3. The van der Waals surface area contributed by atoms with Gasteiger partial charge in [0, 0.05) is 30.3 Å². The van der Waals surface area contributed by atoms with Crippen molar-refractivity contribution >= 4 is 35.5 Å². The molecule has 0 aromatic carbocycles. The summed E-state index contributed by atoms with van der Waals surface area (Å²) in [7, 11) is 0. The standard InChI is InChI=1S/C23H40N4O5S/c24-14-8-2-5-13-20(29)25-17(22(30)31)11-4-1-3-9-16(28)10-6-7-12-19-21-18(15-33-19)26-23(32)27-21/h17-19,21H,1-15,24H2,(H,25,29)(H,30,31)(H2,26,27,32). The third kappa shape index (κ3) is 10.3. The number of urea groups is 1. The van der Waals surface area contributed by atoms with Crippen LogP contribution in [0.1, 0.15) is 83.5 Å². The molecule has 33 heavy (non-hydrogen) atoms. The molecule has 0 bridgehead atoms. The molecule has 2 aliphatic rings. The predicted molar refractivity (Wildman–Crippen MR) is 129 cm³/mol. The van der Waals surface area contributed by atoms with Gasteiger partial charge in [0.25, 0.3) is 0 Å². The van der Waals surface area contributed by atoms with E-state index < -0.39 is 12.0 Å². The summed E-state index contributed by atoms with van der Waals surface area (Å²) >= 11 is 1.89. The molecule has 0 saturated carbocycles. The number of aliphatic carboxylic acids is 1. The molecule has 2 fully saturated rings. The van der Waals surface area contributed by atoms with Gasteiger partial charge in [-0.05, 0) is 45.1 Å². The summed E-state index contributed by atoms with van der Waals surface area (Å²) < 4.78 is 0. The van der Waals surface area contributed by atoms with Crippen LogP contribution in [-0.4, -0.2) is 64.5 Å². The molecule has 0 aromatic rings. The third-order valence-corrected chi connectivity index (χ3v) is 7.83. The maximum absolute atomic E-state index is 12.1. The summed E-state index contributed by atoms with van der Waals surface area (Å²) in [5, 5.41) is 18.3. The van der Waals surface area contributed by atoms with Crippen LogP contribution in [-0.2, 0) is 14.4 Å². The Morgan fingerprint density at radius 3 is 2.42 bits per heavy atom. The Bertz CT molecular complexity index is 663. The highest BCUT2D eigenvalue weighted by Crippen LogP contribution is 2.33. The molecule has 0 radical (unpaired) electrons. The quantitative estimate of drug-likeness (QED) is 0.148. The van der Waals surface area contributed by atoms with E-state index >= 15 is 0 Å². The summed E-state index contributed by atoms with van der Waals surface area (Å²) in [6.45, 7) is 0.598. The van der Waals surface area contributed by atoms with Gasteiger partial charge in [0.15, 0.2) is 0 Å². The second-order valence-corrected chi connectivity index (χ2v) is 10.3. The van der Waals surface area contributed by atoms with Crippen molar-refractivity contribution in [3.8, 4) is 0 Å². The normalized spacial score (nSPS) is 22.3. The zero-order valence-electron chi connectivity index (χ0n) is 19.5. The van der Waals surface area contributed by atoms with Crippen LogP contribution in [0.3, 0.4) is 0 Å². The average Bonchev–Trinajstić information content (AvgIpc) is 3.32. The molecule has 4 atom stereocenters. The Balaban J connectivity index is 1.48. The second-order valence-electron chi connectivity index (χ2n) is 9.06. The average molecular weight is 485 g/mol. The van der Waals surface area contributed by atoms with E-state index in [1.165, 1.54) is 0 Å². The number of fused-ring (bicyclic) bond motifs is 1. The second kappa shape index (κ2) is 15.2. The maximum atomic E-state index is 12.1. The van der Waals surface area contributed by atoms with Crippen molar-refractivity contribution in [1.29, 1.82) is 0 Å². The number of Topliss-reactive ketones (excluding diaryl/α,β-unsaturated/α-hetero) is 1. The van der Waals surface area contributed by atoms with Gasteiger partial charge in [-0.3, -0.25) is 9.59 Å². The van der Waals surface area contributed by atoms with Crippen LogP contribution in [0.25, 0.3) is 0 Å². The van der Waals surface area contributed by atoms with Gasteiger partial charge in [-0.1, -0.05) is 25.7 Å². The molecule has 0 aromatic heterocycles. The Kier molecular flexibility index (Phi) is 12.6. The minimum atomic E-state index is -1.01. The third-order valence-electron chi connectivity index (χ3n) is 6.32. The number of carbonyl (C=O) groups is 4. The van der Waals surface area contributed by atoms with Crippen LogP contribution in [0.4, 0.5) is 4.79 Å². The number of amides is 3. The first kappa shape index (κ1) is 27.4. The summed E-state index contributed by atoms with van der Waals surface area (Å²) in [6.07, 6.45) is 9.30. The van der Waals surface area contributed by atoms with E-state index in [1.807, 2.05) is 11.8 Å². The minimum Gasteiger partial charge on any atom is -0.480 e. The lowest BCUT2D eigenvalue weighted by Gasteiger charge is -2.16. The van der Waals surface area contributed by atoms with Gasteiger partial charge < -0.3 is 26.8 Å². The van der Waals surface area contributed by atoms with Crippen LogP contribution < -0.4 is 21.7 Å². The van der Waals surface area contributed by atoms with Crippen molar-refractivity contribution in [1.82, 2.24) is 16.0 Å². The number of carboxylic acids is 1. The highest BCUT2D eigenvalue weighted by Gasteiger charge is 2.42. The van der Waals surface area contributed by atoms with Crippen molar-refractivity contribution in [3.05, 3.63) is 0 Å². The van der Waals surface area contributed by atoms with Crippen LogP contribution in [0, 0.1) is 0 Å². The largest absolute Gasteiger partial charge is 0.480 e. The molecule has 2 rings (SSSR count). The molecule has 2 saturated heterocycles. The number of nitrogens with two attached hydrogens (primary N) is 1. The number of carboxylic acid groups (broad SMARTS) is 1. The molecule has 2 aliphatic heterocycles. The molecule has 188 valence electrons. The van der Waals surface area contributed by atoms with Crippen molar-refractivity contribution in [3.63, 3.8) is 0 Å². The monoisotopic (exact) mass is 484 g/mol. The van der Waals surface area contributed by atoms with Crippen LogP contribution in [0.15, 0.2) is 0 Å². The van der Waals surface area contributed by atoms with Gasteiger partial charge in [0.2, 0.25) is 5.91 Å². The van der Waals surface area contributed by atoms with Crippen molar-refractivity contribution in [2.24, 2.45) is 5.73 Å². The lowest BCUT2D eigenvalue weighted by molar-refractivity contribution is -0.142. The van der Waals surface area contributed by atoms with Gasteiger partial charge in [-0.15, -0.1) is 0 Å². The number of ketones is 1. The molecule has 0 aliphatic carbocycles. The molecule has 0 spiro atoms. The first-order valence-corrected chi connectivity index (χ1v) is 13.4. The topological polar surface area (TPSA) is 151 Å². The number of thioether (sulfide) groups is 1. The minimum absolute atomic E-state index is 0.0686. The molecule has 4 unspecified atom stereocenters. The Morgan fingerprint density at radius 2 is 1.70 bits per heavy atom. The summed E-state index contributed by atoms with van der Waals surface area (Å²) in [4.78, 5) is 46.8. The number of hydrogen-bond donors (Lipinski definition) is 5. The fourth-order valence-electron chi connectivity index (χ4n) is 4.41. The molecule has 6 N–H and O–H groups in total. The molecule has 3 amide bonds. The van der Waals surface area contributed by atoms with Crippen molar-refractivity contribution < 1.29 is 24.3 Å². The SMILES string of the molecule is NCCCCCC(=O)NC(CCCCCC(=O)CCCCC1SCC2NC(=O)NC21)C(=O)O. The van der Waals surface area contributed by atoms with Gasteiger partial charge in [0.1, 0.15) is 11.8 Å². The lowest BCUT2D eigenvalue weighted by Crippen LogP contribution is -2.40. The van der Waals surface area contributed by atoms with Crippen LogP contribution >= 0.6 is 11.8 Å². The molecule has 10 heteroatoms. The van der Waals surface area contributed by atoms with Crippen LogP contribution in [0.2, 0.25) is 0 Å². The summed E-state index contributed by atoms with van der Waals surface area (Å²) in [5.41, 5.74) is 5.42. The van der Waals surface area contributed by atoms with E-state index in [4.69, 9.17) is 5.73 Å². The highest BCUT2D eigenvalue weighted by molar-refractivity contribution is 8.00. The van der Waals surface area contributed by atoms with E-state index in [-0.39, 0.29) is 29.8 Å². The smallest absolute Gasteiger partial charge is 0.326 e. The predicted octanol–water partition coefficient (Wildman–Crippen LogP) is 2.32. The number of nitrogens with one attached hydrogen (secondary N) is 3. The molecular formula is C23H40N4O5S. The molecule has 2 heterocycles. The first-order chi connectivity index (χ1) is 15.9. The van der Waals surface area contributed by atoms with Crippen molar-refractivity contribution in [2.75, 3.05) is 12.3 Å². The Hall–Kier alpha value is -1.81. The lowest BCUT2D eigenvalue weighted by atomic mass is 10.0. The summed E-state index contributed by atoms with van der Waals surface area (Å²) in [5.74, 6) is -0.0362. The number of rotatable bonds is 18. The van der Waals surface area contributed by atoms with Crippen LogP contribution in [0.5, 0.6) is 0 Å². The van der Waals surface area contributed by atoms with E-state index in [0.29, 0.717) is 50.3 Å². The van der Waals surface area contributed by atoms with E-state index in [2.05, 4.69) is 16.0 Å². The van der Waals surface area contributed by atoms with Crippen molar-refractivity contribution in [2.45, 2.75) is 107 Å². The van der Waals surface area contributed by atoms with E-state index in [9.17, 15) is 24.3 Å². The highest BCUT2D eigenvalue weighted by atomic mass is 32.2. The number of hydrogen-bond acceptors (Lipinski definition) is 6. The molecular weight excluding hydrogens is 444 g/mol. The van der Waals surface area contributed by atoms with Gasteiger partial charge in [0.05, 0.1) is 12.1 Å². The Labute approximate surface area is 200 Å². The zero-order valence-corrected chi connectivity index (χ0v) is 20.3. The summed E-state index contributed by atoms with van der Waals surface area (Å²) in [6, 6.07) is -0.477. The molecule has 9 nitrogen and oxygen atoms in total. The van der Waals surface area contributed by atoms with Gasteiger partial charge in [-0.2, -0.15) is 11.8 Å². The van der Waals surface area contributed by atoms with E-state index in [1.54, 1.807) is 0 Å². The fourth-order valence-corrected chi connectivity index (χ4v) is 5.96. The van der Waals surface area contributed by atoms with Gasteiger partial charge >= 0.3 is 12.0 Å². The fraction of sp³-hybridized carbons (Fsp3) is 0.826. The maximum Gasteiger partial charge on any atom is 0.326 e. The zero-order chi connectivity index (χ0) is 24.1. The Morgan fingerprint density at radius 1 is 1.00 bits per heavy atom. The first-order valence-electron chi connectivity index (χ1n) is 12.3. The van der Waals surface area contributed by atoms with Gasteiger partial charge in [-0.25, -0.2) is 9.59 Å².